The zero-order valence-corrected chi connectivity index (χ0v) is 24.3. The first-order valence-electron chi connectivity index (χ1n) is 13.1. The first kappa shape index (κ1) is 31.3. The van der Waals surface area contributed by atoms with Crippen LogP contribution in [0.2, 0.25) is 0 Å². The summed E-state index contributed by atoms with van der Waals surface area (Å²) < 4.78 is 5.37. The van der Waals surface area contributed by atoms with Gasteiger partial charge in [0.05, 0.1) is 0 Å². The summed E-state index contributed by atoms with van der Waals surface area (Å²) in [5.41, 5.74) is 8.46. The number of ether oxygens (including phenoxy) is 1. The van der Waals surface area contributed by atoms with E-state index in [0.717, 1.165) is 16.7 Å². The molecule has 0 saturated carbocycles. The highest BCUT2D eigenvalue weighted by Crippen LogP contribution is 2.32. The lowest BCUT2D eigenvalue weighted by Gasteiger charge is -2.38. The van der Waals surface area contributed by atoms with Crippen molar-refractivity contribution in [3.8, 4) is 0 Å². The Labute approximate surface area is 231 Å². The quantitative estimate of drug-likeness (QED) is 0.404. The Balaban J connectivity index is 2.61. The molecule has 2 rings (SSSR count). The summed E-state index contributed by atoms with van der Waals surface area (Å²) in [6, 6.07) is 10.5. The van der Waals surface area contributed by atoms with Crippen molar-refractivity contribution in [2.45, 2.75) is 92.0 Å². The van der Waals surface area contributed by atoms with Crippen LogP contribution in [0.4, 0.5) is 10.5 Å². The fourth-order valence-electron chi connectivity index (χ4n) is 4.42. The van der Waals surface area contributed by atoms with Crippen LogP contribution in [0.1, 0.15) is 75.8 Å². The number of hydrogen-bond donors (Lipinski definition) is 3. The van der Waals surface area contributed by atoms with Crippen LogP contribution in [-0.4, -0.2) is 46.4 Å². The van der Waals surface area contributed by atoms with Crippen LogP contribution < -0.4 is 16.4 Å². The Kier molecular flexibility index (Phi) is 10.7. The topological polar surface area (TPSA) is 131 Å². The number of anilines is 1. The Bertz CT molecular complexity index is 1180. The number of rotatable bonds is 10. The molecule has 0 bridgehead atoms. The van der Waals surface area contributed by atoms with Gasteiger partial charge in [0.25, 0.3) is 5.91 Å². The Morgan fingerprint density at radius 3 is 2.00 bits per heavy atom. The third kappa shape index (κ3) is 8.84. The van der Waals surface area contributed by atoms with E-state index in [9.17, 15) is 19.2 Å². The molecule has 0 aliphatic heterocycles. The van der Waals surface area contributed by atoms with Gasteiger partial charge in [-0.15, -0.1) is 0 Å². The summed E-state index contributed by atoms with van der Waals surface area (Å²) in [6.07, 6.45) is -0.987. The Morgan fingerprint density at radius 2 is 1.49 bits per heavy atom. The normalized spacial score (nSPS) is 12.8. The van der Waals surface area contributed by atoms with Crippen LogP contribution in [0.5, 0.6) is 0 Å². The molecule has 2 aromatic carbocycles. The van der Waals surface area contributed by atoms with E-state index in [2.05, 4.69) is 10.6 Å². The summed E-state index contributed by atoms with van der Waals surface area (Å²) in [4.78, 5) is 54.0. The van der Waals surface area contributed by atoms with Crippen molar-refractivity contribution in [3.63, 3.8) is 0 Å². The maximum atomic E-state index is 14.2. The lowest BCUT2D eigenvalue weighted by atomic mass is 9.92. The number of carbonyl (C=O) groups is 4. The number of primary amides is 1. The smallest absolute Gasteiger partial charge is 0.408 e. The summed E-state index contributed by atoms with van der Waals surface area (Å²) in [5, 5.41) is 5.60. The molecule has 0 spiro atoms. The molecule has 4 N–H and O–H groups in total. The lowest BCUT2D eigenvalue weighted by molar-refractivity contribution is -0.143. The van der Waals surface area contributed by atoms with Gasteiger partial charge in [0.15, 0.2) is 0 Å². The third-order valence-electron chi connectivity index (χ3n) is 6.22. The van der Waals surface area contributed by atoms with Crippen LogP contribution in [-0.2, 0) is 19.1 Å². The number of amides is 4. The number of hydrogen-bond acceptors (Lipinski definition) is 5. The van der Waals surface area contributed by atoms with E-state index in [1.165, 1.54) is 4.90 Å². The van der Waals surface area contributed by atoms with Gasteiger partial charge in [-0.25, -0.2) is 4.79 Å². The number of nitrogens with zero attached hydrogens (tertiary/aromatic N) is 1. The fraction of sp³-hybridized carbons (Fsp3) is 0.467. The first-order valence-corrected chi connectivity index (χ1v) is 13.1. The van der Waals surface area contributed by atoms with Crippen LogP contribution >= 0.6 is 0 Å². The van der Waals surface area contributed by atoms with E-state index >= 15 is 0 Å². The zero-order chi connectivity index (χ0) is 29.5. The Hall–Kier alpha value is -3.88. The molecule has 39 heavy (non-hydrogen) atoms. The van der Waals surface area contributed by atoms with Crippen molar-refractivity contribution < 1.29 is 23.9 Å². The SMILES string of the molecule is Cc1ccccc1NC(=O)C(c1c(C)cccc1C)N(C(=O)C(CCC(N)=O)NC(=O)OC(C)(C)C)C(C)C. The molecule has 0 aliphatic carbocycles. The molecule has 0 saturated heterocycles. The van der Waals surface area contributed by atoms with E-state index in [1.807, 2.05) is 57.2 Å². The van der Waals surface area contributed by atoms with Crippen molar-refractivity contribution in [3.05, 3.63) is 64.7 Å². The average molecular weight is 539 g/mol. The van der Waals surface area contributed by atoms with Crippen molar-refractivity contribution in [2.75, 3.05) is 5.32 Å². The van der Waals surface area contributed by atoms with Gasteiger partial charge in [-0.3, -0.25) is 14.4 Å². The number of benzene rings is 2. The van der Waals surface area contributed by atoms with E-state index < -0.39 is 47.5 Å². The molecule has 2 unspecified atom stereocenters. The van der Waals surface area contributed by atoms with E-state index in [-0.39, 0.29) is 12.8 Å². The molecule has 0 aromatic heterocycles. The van der Waals surface area contributed by atoms with E-state index in [0.29, 0.717) is 11.3 Å². The number of aryl methyl sites for hydroxylation is 3. The van der Waals surface area contributed by atoms with Crippen molar-refractivity contribution in [2.24, 2.45) is 5.73 Å². The second-order valence-electron chi connectivity index (χ2n) is 11.1. The molecule has 0 aliphatic rings. The monoisotopic (exact) mass is 538 g/mol. The highest BCUT2D eigenvalue weighted by molar-refractivity contribution is 6.00. The molecular formula is C30H42N4O5. The maximum Gasteiger partial charge on any atom is 0.408 e. The van der Waals surface area contributed by atoms with Gasteiger partial charge in [-0.05, 0) is 90.1 Å². The van der Waals surface area contributed by atoms with Crippen molar-refractivity contribution in [1.82, 2.24) is 10.2 Å². The standard InChI is InChI=1S/C30H42N4O5/c1-18(2)34(28(37)23(16-17-24(31)35)33-29(38)39-30(6,7)8)26(25-20(4)13-11-14-21(25)5)27(36)32-22-15-10-9-12-19(22)3/h9-15,18,23,26H,16-17H2,1-8H3,(H2,31,35)(H,32,36)(H,33,38). The van der Waals surface area contributed by atoms with Crippen LogP contribution in [0.25, 0.3) is 0 Å². The van der Waals surface area contributed by atoms with Gasteiger partial charge in [0, 0.05) is 18.2 Å². The molecule has 0 fully saturated rings. The highest BCUT2D eigenvalue weighted by atomic mass is 16.6. The largest absolute Gasteiger partial charge is 0.444 e. The van der Waals surface area contributed by atoms with Gasteiger partial charge < -0.3 is 26.0 Å². The minimum absolute atomic E-state index is 0.0461. The van der Waals surface area contributed by atoms with Crippen LogP contribution in [0.15, 0.2) is 42.5 Å². The summed E-state index contributed by atoms with van der Waals surface area (Å²) in [7, 11) is 0. The summed E-state index contributed by atoms with van der Waals surface area (Å²) in [5.74, 6) is -1.53. The predicted molar refractivity (Wildman–Crippen MR) is 152 cm³/mol. The second kappa shape index (κ2) is 13.3. The van der Waals surface area contributed by atoms with Crippen molar-refractivity contribution >= 4 is 29.5 Å². The number of nitrogens with two attached hydrogens (primary N) is 1. The van der Waals surface area contributed by atoms with Crippen molar-refractivity contribution in [1.29, 1.82) is 0 Å². The van der Waals surface area contributed by atoms with Gasteiger partial charge in [0.2, 0.25) is 11.8 Å². The molecule has 212 valence electrons. The fourth-order valence-corrected chi connectivity index (χ4v) is 4.42. The highest BCUT2D eigenvalue weighted by Gasteiger charge is 2.39. The first-order chi connectivity index (χ1) is 18.1. The molecule has 0 heterocycles. The second-order valence-corrected chi connectivity index (χ2v) is 11.1. The minimum Gasteiger partial charge on any atom is -0.444 e. The van der Waals surface area contributed by atoms with Crippen LogP contribution in [0.3, 0.4) is 0 Å². The minimum atomic E-state index is -1.15. The lowest BCUT2D eigenvalue weighted by Crippen LogP contribution is -2.54. The van der Waals surface area contributed by atoms with Gasteiger partial charge in [-0.1, -0.05) is 36.4 Å². The predicted octanol–water partition coefficient (Wildman–Crippen LogP) is 4.69. The molecule has 2 atom stereocenters. The van der Waals surface area contributed by atoms with Gasteiger partial charge in [0.1, 0.15) is 17.7 Å². The number of para-hydroxylation sites is 1. The number of alkyl carbamates (subject to hydrolysis) is 1. The van der Waals surface area contributed by atoms with Gasteiger partial charge in [-0.2, -0.15) is 0 Å². The molecular weight excluding hydrogens is 496 g/mol. The zero-order valence-electron chi connectivity index (χ0n) is 24.3. The van der Waals surface area contributed by atoms with Crippen LogP contribution in [0, 0.1) is 20.8 Å². The molecule has 9 heteroatoms. The molecule has 4 amide bonds. The maximum absolute atomic E-state index is 14.2. The number of nitrogens with one attached hydrogen (secondary N) is 2. The van der Waals surface area contributed by atoms with E-state index in [4.69, 9.17) is 10.5 Å². The molecule has 9 nitrogen and oxygen atoms in total. The molecule has 2 aromatic rings. The Morgan fingerprint density at radius 1 is 0.923 bits per heavy atom. The van der Waals surface area contributed by atoms with E-state index in [1.54, 1.807) is 40.7 Å². The number of carbonyl (C=O) groups excluding carboxylic acids is 4. The van der Waals surface area contributed by atoms with Gasteiger partial charge >= 0.3 is 6.09 Å². The summed E-state index contributed by atoms with van der Waals surface area (Å²) in [6.45, 7) is 14.4. The average Bonchev–Trinajstić information content (AvgIpc) is 2.80. The third-order valence-corrected chi connectivity index (χ3v) is 6.22. The molecule has 0 radical (unpaired) electrons. The summed E-state index contributed by atoms with van der Waals surface area (Å²) >= 11 is 0.